The normalized spacial score (nSPS) is 22.5. The second kappa shape index (κ2) is 5.71. The van der Waals surface area contributed by atoms with E-state index in [1.165, 1.54) is 0 Å². The fourth-order valence-corrected chi connectivity index (χ4v) is 2.11. The molecule has 3 nitrogen and oxygen atoms in total. The number of halogens is 1. The van der Waals surface area contributed by atoms with Crippen LogP contribution in [-0.4, -0.2) is 40.5 Å². The molecule has 1 aliphatic rings. The second-order valence-electron chi connectivity index (χ2n) is 4.28. The first-order valence-corrected chi connectivity index (χ1v) is 6.10. The summed E-state index contributed by atoms with van der Waals surface area (Å²) in [6, 6.07) is 0. The monoisotopic (exact) mass is 233 g/mol. The van der Waals surface area contributed by atoms with Gasteiger partial charge in [0.1, 0.15) is 5.38 Å². The van der Waals surface area contributed by atoms with E-state index >= 15 is 0 Å². The number of aliphatic hydroxyl groups is 1. The summed E-state index contributed by atoms with van der Waals surface area (Å²) in [5.41, 5.74) is 0. The topological polar surface area (TPSA) is 40.5 Å². The van der Waals surface area contributed by atoms with E-state index in [2.05, 4.69) is 0 Å². The minimum absolute atomic E-state index is 0.0446. The lowest BCUT2D eigenvalue weighted by Gasteiger charge is -2.34. The molecule has 88 valence electrons. The first-order valence-electron chi connectivity index (χ1n) is 5.67. The molecule has 0 aliphatic carbocycles. The number of hydrogen-bond acceptors (Lipinski definition) is 2. The summed E-state index contributed by atoms with van der Waals surface area (Å²) in [5.74, 6) is 0.382. The molecule has 0 bridgehead atoms. The molecule has 1 saturated heterocycles. The van der Waals surface area contributed by atoms with Crippen LogP contribution < -0.4 is 0 Å². The van der Waals surface area contributed by atoms with E-state index in [-0.39, 0.29) is 17.4 Å². The molecule has 1 fully saturated rings. The van der Waals surface area contributed by atoms with Crippen molar-refractivity contribution >= 4 is 17.5 Å². The Morgan fingerprint density at radius 3 is 2.47 bits per heavy atom. The van der Waals surface area contributed by atoms with Crippen LogP contribution in [0.15, 0.2) is 0 Å². The highest BCUT2D eigenvalue weighted by molar-refractivity contribution is 6.30. The van der Waals surface area contributed by atoms with E-state index in [0.717, 1.165) is 25.9 Å². The zero-order chi connectivity index (χ0) is 11.4. The number of likely N-dealkylation sites (tertiary alicyclic amines) is 1. The third-order valence-electron chi connectivity index (χ3n) is 3.16. The summed E-state index contributed by atoms with van der Waals surface area (Å²) in [6.45, 7) is 5.20. The van der Waals surface area contributed by atoms with E-state index in [4.69, 9.17) is 11.6 Å². The van der Waals surface area contributed by atoms with Crippen molar-refractivity contribution in [1.29, 1.82) is 0 Å². The quantitative estimate of drug-likeness (QED) is 0.753. The van der Waals surface area contributed by atoms with E-state index in [0.29, 0.717) is 12.3 Å². The minimum atomic E-state index is -0.381. The maximum absolute atomic E-state index is 11.7. The third-order valence-corrected chi connectivity index (χ3v) is 3.66. The van der Waals surface area contributed by atoms with Crippen molar-refractivity contribution in [3.63, 3.8) is 0 Å². The fraction of sp³-hybridized carbons (Fsp3) is 0.909. The molecule has 2 atom stereocenters. The van der Waals surface area contributed by atoms with Gasteiger partial charge >= 0.3 is 0 Å². The van der Waals surface area contributed by atoms with Crippen LogP contribution in [0.1, 0.15) is 33.1 Å². The van der Waals surface area contributed by atoms with Gasteiger partial charge in [0.2, 0.25) is 5.91 Å². The first kappa shape index (κ1) is 12.8. The van der Waals surface area contributed by atoms with Crippen LogP contribution in [-0.2, 0) is 4.79 Å². The number of alkyl halides is 1. The molecule has 0 unspecified atom stereocenters. The number of amides is 1. The summed E-state index contributed by atoms with van der Waals surface area (Å²) in [6.07, 6.45) is 2.18. The molecule has 1 N–H and O–H groups in total. The third kappa shape index (κ3) is 3.35. The van der Waals surface area contributed by atoms with Gasteiger partial charge in [0.15, 0.2) is 0 Å². The van der Waals surface area contributed by atoms with Gasteiger partial charge in [-0.25, -0.2) is 0 Å². The molecule has 1 amide bonds. The smallest absolute Gasteiger partial charge is 0.240 e. The lowest BCUT2D eigenvalue weighted by atomic mass is 9.92. The Hall–Kier alpha value is -0.280. The van der Waals surface area contributed by atoms with Gasteiger partial charge in [-0.15, -0.1) is 11.6 Å². The Labute approximate surface area is 96.4 Å². The summed E-state index contributed by atoms with van der Waals surface area (Å²) in [5, 5.41) is 9.05. The van der Waals surface area contributed by atoms with Crippen molar-refractivity contribution in [1.82, 2.24) is 4.90 Å². The fourth-order valence-electron chi connectivity index (χ4n) is 1.97. The summed E-state index contributed by atoms with van der Waals surface area (Å²) >= 11 is 5.91. The van der Waals surface area contributed by atoms with Crippen LogP contribution in [0.5, 0.6) is 0 Å². The van der Waals surface area contributed by atoms with E-state index in [1.54, 1.807) is 0 Å². The van der Waals surface area contributed by atoms with Gasteiger partial charge in [-0.2, -0.15) is 0 Å². The van der Waals surface area contributed by atoms with Gasteiger partial charge < -0.3 is 10.0 Å². The SMILES string of the molecule is CC[C@H](Cl)C(=O)N1CCC([C@@H](C)O)CC1. The van der Waals surface area contributed by atoms with Gasteiger partial charge in [-0.3, -0.25) is 4.79 Å². The molecule has 15 heavy (non-hydrogen) atoms. The molecule has 0 aromatic rings. The number of nitrogens with zero attached hydrogens (tertiary/aromatic N) is 1. The first-order chi connectivity index (χ1) is 7.06. The molecule has 0 aromatic carbocycles. The van der Waals surface area contributed by atoms with Crippen molar-refractivity contribution in [3.8, 4) is 0 Å². The van der Waals surface area contributed by atoms with E-state index in [9.17, 15) is 9.90 Å². The zero-order valence-corrected chi connectivity index (χ0v) is 10.2. The van der Waals surface area contributed by atoms with Crippen molar-refractivity contribution in [3.05, 3.63) is 0 Å². The molecule has 0 saturated carbocycles. The van der Waals surface area contributed by atoms with Crippen LogP contribution in [0, 0.1) is 5.92 Å². The highest BCUT2D eigenvalue weighted by Gasteiger charge is 2.27. The standard InChI is InChI=1S/C11H20ClNO2/c1-3-10(12)11(15)13-6-4-9(5-7-13)8(2)14/h8-10,14H,3-7H2,1-2H3/t8-,10+/m1/s1. The lowest BCUT2D eigenvalue weighted by molar-refractivity contribution is -0.132. The summed E-state index contributed by atoms with van der Waals surface area (Å²) in [4.78, 5) is 13.6. The molecule has 0 spiro atoms. The van der Waals surface area contributed by atoms with Crippen molar-refractivity contribution in [2.24, 2.45) is 5.92 Å². The Bertz CT molecular complexity index is 213. The Kier molecular flexibility index (Phi) is 4.87. The van der Waals surface area contributed by atoms with Gasteiger partial charge in [0.05, 0.1) is 6.10 Å². The zero-order valence-electron chi connectivity index (χ0n) is 9.45. The predicted molar refractivity (Wildman–Crippen MR) is 60.9 cm³/mol. The van der Waals surface area contributed by atoms with Gasteiger partial charge in [0, 0.05) is 13.1 Å². The van der Waals surface area contributed by atoms with Gasteiger partial charge in [-0.1, -0.05) is 6.92 Å². The van der Waals surface area contributed by atoms with Gasteiger partial charge in [-0.05, 0) is 32.1 Å². The molecule has 4 heteroatoms. The number of carbonyl (C=O) groups excluding carboxylic acids is 1. The van der Waals surface area contributed by atoms with E-state index in [1.807, 2.05) is 18.7 Å². The Morgan fingerprint density at radius 2 is 2.07 bits per heavy atom. The van der Waals surface area contributed by atoms with Crippen molar-refractivity contribution < 1.29 is 9.90 Å². The summed E-state index contributed by atoms with van der Waals surface area (Å²) < 4.78 is 0. The number of hydrogen-bond donors (Lipinski definition) is 1. The highest BCUT2D eigenvalue weighted by Crippen LogP contribution is 2.21. The van der Waals surface area contributed by atoms with Crippen LogP contribution in [0.25, 0.3) is 0 Å². The van der Waals surface area contributed by atoms with Crippen LogP contribution >= 0.6 is 11.6 Å². The average Bonchev–Trinajstić information content (AvgIpc) is 2.27. The highest BCUT2D eigenvalue weighted by atomic mass is 35.5. The molecular weight excluding hydrogens is 214 g/mol. The molecular formula is C11H20ClNO2. The van der Waals surface area contributed by atoms with Crippen molar-refractivity contribution in [2.45, 2.75) is 44.6 Å². The average molecular weight is 234 g/mol. The molecule has 1 heterocycles. The van der Waals surface area contributed by atoms with Gasteiger partial charge in [0.25, 0.3) is 0 Å². The predicted octanol–water partition coefficient (Wildman–Crippen LogP) is 1.62. The van der Waals surface area contributed by atoms with E-state index < -0.39 is 0 Å². The van der Waals surface area contributed by atoms with Crippen LogP contribution in [0.2, 0.25) is 0 Å². The Morgan fingerprint density at radius 1 is 1.53 bits per heavy atom. The van der Waals surface area contributed by atoms with Crippen LogP contribution in [0.3, 0.4) is 0 Å². The van der Waals surface area contributed by atoms with Crippen LogP contribution in [0.4, 0.5) is 0 Å². The molecule has 0 aromatic heterocycles. The molecule has 1 rings (SSSR count). The second-order valence-corrected chi connectivity index (χ2v) is 4.81. The molecule has 0 radical (unpaired) electrons. The number of rotatable bonds is 3. The van der Waals surface area contributed by atoms with Crippen molar-refractivity contribution in [2.75, 3.05) is 13.1 Å². The number of carbonyl (C=O) groups is 1. The largest absolute Gasteiger partial charge is 0.393 e. The summed E-state index contributed by atoms with van der Waals surface area (Å²) in [7, 11) is 0. The number of piperidine rings is 1. The lowest BCUT2D eigenvalue weighted by Crippen LogP contribution is -2.43. The minimum Gasteiger partial charge on any atom is -0.393 e. The maximum Gasteiger partial charge on any atom is 0.240 e. The maximum atomic E-state index is 11.7. The Balaban J connectivity index is 2.40. The molecule has 1 aliphatic heterocycles. The number of aliphatic hydroxyl groups excluding tert-OH is 1.